The van der Waals surface area contributed by atoms with E-state index in [0.717, 1.165) is 50.4 Å². The van der Waals surface area contributed by atoms with E-state index in [4.69, 9.17) is 0 Å². The van der Waals surface area contributed by atoms with Gasteiger partial charge in [0.1, 0.15) is 12.3 Å². The molecule has 3 fully saturated rings. The molecule has 3 rings (SSSR count). The van der Waals surface area contributed by atoms with Gasteiger partial charge in [-0.25, -0.2) is 8.78 Å². The molecule has 0 spiro atoms. The summed E-state index contributed by atoms with van der Waals surface area (Å²) in [6.45, 7) is 4.45. The minimum absolute atomic E-state index is 0.157. The maximum absolute atomic E-state index is 15.0. The molecule has 0 aromatic heterocycles. The summed E-state index contributed by atoms with van der Waals surface area (Å²) in [6.07, 6.45) is 13.2. The first-order chi connectivity index (χ1) is 12.1. The van der Waals surface area contributed by atoms with Gasteiger partial charge < -0.3 is 0 Å². The van der Waals surface area contributed by atoms with Crippen molar-refractivity contribution in [2.75, 3.05) is 0 Å². The Kier molecular flexibility index (Phi) is 7.20. The lowest BCUT2D eigenvalue weighted by Gasteiger charge is -2.43. The highest BCUT2D eigenvalue weighted by Gasteiger charge is 2.41. The van der Waals surface area contributed by atoms with E-state index < -0.39 is 12.3 Å². The summed E-state index contributed by atoms with van der Waals surface area (Å²) in [5.41, 5.74) is 0. The summed E-state index contributed by atoms with van der Waals surface area (Å²) in [5, 5.41) is 0. The molecule has 0 N–H and O–H groups in total. The van der Waals surface area contributed by atoms with E-state index in [9.17, 15) is 4.39 Å². The van der Waals surface area contributed by atoms with Crippen molar-refractivity contribution in [1.82, 2.24) is 0 Å². The average Bonchev–Trinajstić information content (AvgIpc) is 2.63. The first kappa shape index (κ1) is 19.6. The van der Waals surface area contributed by atoms with Crippen LogP contribution >= 0.6 is 0 Å². The highest BCUT2D eigenvalue weighted by Crippen LogP contribution is 2.48. The summed E-state index contributed by atoms with van der Waals surface area (Å²) in [4.78, 5) is 0. The Hall–Kier alpha value is -0.140. The largest absolute Gasteiger partial charge is 0.247 e. The zero-order valence-electron chi connectivity index (χ0n) is 16.6. The molecule has 0 aromatic carbocycles. The molecular weight excluding hydrogens is 314 g/mol. The fourth-order valence-electron chi connectivity index (χ4n) is 6.49. The molecule has 25 heavy (non-hydrogen) atoms. The number of hydrogen-bond donors (Lipinski definition) is 0. The standard InChI is InChI=1S/C23H40F2/c1-3-5-18-10-11-20(15-22(18)24)21-13-12-19(14-23(21)25)17-8-6-16(4-2)7-9-17/h16-23H,3-15H2,1-2H3. The molecule has 146 valence electrons. The van der Waals surface area contributed by atoms with Crippen LogP contribution in [0.15, 0.2) is 0 Å². The first-order valence-corrected chi connectivity index (χ1v) is 11.4. The normalized spacial score (nSPS) is 46.1. The van der Waals surface area contributed by atoms with Crippen molar-refractivity contribution in [2.24, 2.45) is 35.5 Å². The van der Waals surface area contributed by atoms with Crippen molar-refractivity contribution in [3.05, 3.63) is 0 Å². The molecule has 0 nitrogen and oxygen atoms in total. The highest BCUT2D eigenvalue weighted by molar-refractivity contribution is 4.91. The summed E-state index contributed by atoms with van der Waals surface area (Å²) < 4.78 is 29.5. The van der Waals surface area contributed by atoms with Gasteiger partial charge in [-0.1, -0.05) is 39.5 Å². The Morgan fingerprint density at radius 2 is 1.32 bits per heavy atom. The third kappa shape index (κ3) is 4.78. The van der Waals surface area contributed by atoms with Crippen LogP contribution in [0.1, 0.15) is 97.3 Å². The van der Waals surface area contributed by atoms with E-state index in [-0.39, 0.29) is 11.8 Å². The Labute approximate surface area is 154 Å². The Morgan fingerprint density at radius 1 is 0.680 bits per heavy atom. The third-order valence-corrected chi connectivity index (χ3v) is 8.21. The number of hydrogen-bond acceptors (Lipinski definition) is 0. The van der Waals surface area contributed by atoms with Gasteiger partial charge >= 0.3 is 0 Å². The number of rotatable bonds is 5. The van der Waals surface area contributed by atoms with E-state index in [1.54, 1.807) is 0 Å². The lowest BCUT2D eigenvalue weighted by molar-refractivity contribution is 0.0123. The summed E-state index contributed by atoms with van der Waals surface area (Å²) in [6, 6.07) is 0. The maximum Gasteiger partial charge on any atom is 0.103 e. The van der Waals surface area contributed by atoms with Crippen LogP contribution in [0.3, 0.4) is 0 Å². The van der Waals surface area contributed by atoms with Gasteiger partial charge in [0, 0.05) is 0 Å². The van der Waals surface area contributed by atoms with Crippen molar-refractivity contribution < 1.29 is 8.78 Å². The predicted molar refractivity (Wildman–Crippen MR) is 102 cm³/mol. The van der Waals surface area contributed by atoms with Crippen molar-refractivity contribution >= 4 is 0 Å². The molecule has 0 aromatic rings. The van der Waals surface area contributed by atoms with Crippen molar-refractivity contribution in [3.63, 3.8) is 0 Å². The first-order valence-electron chi connectivity index (χ1n) is 11.4. The smallest absolute Gasteiger partial charge is 0.103 e. The molecule has 0 radical (unpaired) electrons. The summed E-state index contributed by atoms with van der Waals surface area (Å²) in [5.74, 6) is 3.04. The molecule has 0 bridgehead atoms. The fraction of sp³-hybridized carbons (Fsp3) is 1.00. The molecule has 6 unspecified atom stereocenters. The van der Waals surface area contributed by atoms with Crippen LogP contribution in [0.25, 0.3) is 0 Å². The van der Waals surface area contributed by atoms with Crippen molar-refractivity contribution in [2.45, 2.75) is 110 Å². The lowest BCUT2D eigenvalue weighted by Crippen LogP contribution is -2.38. The quantitative estimate of drug-likeness (QED) is 0.479. The van der Waals surface area contributed by atoms with Gasteiger partial charge in [-0.05, 0) is 93.3 Å². The minimum atomic E-state index is -0.673. The van der Waals surface area contributed by atoms with Gasteiger partial charge in [0.05, 0.1) is 0 Å². The van der Waals surface area contributed by atoms with Gasteiger partial charge in [0.15, 0.2) is 0 Å². The molecule has 3 aliphatic rings. The molecular formula is C23H40F2. The molecule has 2 heteroatoms. The van der Waals surface area contributed by atoms with Gasteiger partial charge in [-0.15, -0.1) is 0 Å². The van der Waals surface area contributed by atoms with Crippen molar-refractivity contribution in [1.29, 1.82) is 0 Å². The summed E-state index contributed by atoms with van der Waals surface area (Å²) >= 11 is 0. The zero-order valence-corrected chi connectivity index (χ0v) is 16.6. The maximum atomic E-state index is 15.0. The van der Waals surface area contributed by atoms with Crippen LogP contribution in [0.2, 0.25) is 0 Å². The van der Waals surface area contributed by atoms with E-state index in [0.29, 0.717) is 18.3 Å². The van der Waals surface area contributed by atoms with Crippen LogP contribution in [-0.4, -0.2) is 12.3 Å². The number of alkyl halides is 2. The minimum Gasteiger partial charge on any atom is -0.247 e. The van der Waals surface area contributed by atoms with Crippen LogP contribution in [0.5, 0.6) is 0 Å². The molecule has 6 atom stereocenters. The van der Waals surface area contributed by atoms with Gasteiger partial charge in [-0.3, -0.25) is 0 Å². The molecule has 3 aliphatic carbocycles. The van der Waals surface area contributed by atoms with E-state index in [1.807, 2.05) is 0 Å². The molecule has 0 aliphatic heterocycles. The zero-order chi connectivity index (χ0) is 17.8. The van der Waals surface area contributed by atoms with E-state index >= 15 is 4.39 Å². The Balaban J connectivity index is 1.47. The third-order valence-electron chi connectivity index (χ3n) is 8.21. The predicted octanol–water partition coefficient (Wildman–Crippen LogP) is 7.51. The molecule has 0 saturated heterocycles. The van der Waals surface area contributed by atoms with Gasteiger partial charge in [0.25, 0.3) is 0 Å². The second kappa shape index (κ2) is 9.18. The topological polar surface area (TPSA) is 0 Å². The van der Waals surface area contributed by atoms with Crippen LogP contribution in [-0.2, 0) is 0 Å². The number of halogens is 2. The second-order valence-electron chi connectivity index (χ2n) is 9.58. The molecule has 3 saturated carbocycles. The Bertz CT molecular complexity index is 388. The fourth-order valence-corrected chi connectivity index (χ4v) is 6.49. The Morgan fingerprint density at radius 3 is 1.92 bits per heavy atom. The van der Waals surface area contributed by atoms with Crippen LogP contribution in [0, 0.1) is 35.5 Å². The molecule has 0 amide bonds. The van der Waals surface area contributed by atoms with E-state index in [2.05, 4.69) is 13.8 Å². The van der Waals surface area contributed by atoms with Gasteiger partial charge in [0.2, 0.25) is 0 Å². The van der Waals surface area contributed by atoms with Crippen molar-refractivity contribution in [3.8, 4) is 0 Å². The molecule has 0 heterocycles. The SMILES string of the molecule is CCCC1CCC(C2CCC(C3CCC(CC)CC3)CC2F)CC1F. The average molecular weight is 355 g/mol. The van der Waals surface area contributed by atoms with Crippen LogP contribution in [0.4, 0.5) is 8.78 Å². The second-order valence-corrected chi connectivity index (χ2v) is 9.58. The lowest BCUT2D eigenvalue weighted by atomic mass is 9.64. The monoisotopic (exact) mass is 354 g/mol. The van der Waals surface area contributed by atoms with Gasteiger partial charge in [-0.2, -0.15) is 0 Å². The summed E-state index contributed by atoms with van der Waals surface area (Å²) in [7, 11) is 0. The van der Waals surface area contributed by atoms with Crippen LogP contribution < -0.4 is 0 Å². The van der Waals surface area contributed by atoms with E-state index in [1.165, 1.54) is 38.5 Å². The highest BCUT2D eigenvalue weighted by atomic mass is 19.1.